The highest BCUT2D eigenvalue weighted by molar-refractivity contribution is 5.71. The first kappa shape index (κ1) is 24.4. The van der Waals surface area contributed by atoms with Crippen LogP contribution in [0.25, 0.3) is 0 Å². The molecule has 0 bridgehead atoms. The van der Waals surface area contributed by atoms with Gasteiger partial charge in [-0.3, -0.25) is 4.79 Å². The molecule has 3 aromatic rings. The van der Waals surface area contributed by atoms with Gasteiger partial charge < -0.3 is 14.6 Å². The molecule has 5 rings (SSSR count). The predicted molar refractivity (Wildman–Crippen MR) is 132 cm³/mol. The van der Waals surface area contributed by atoms with Crippen molar-refractivity contribution < 1.29 is 28.2 Å². The topological polar surface area (TPSA) is 55.8 Å². The molecule has 188 valence electrons. The maximum absolute atomic E-state index is 13.7. The van der Waals surface area contributed by atoms with E-state index >= 15 is 0 Å². The van der Waals surface area contributed by atoms with Gasteiger partial charge in [0.25, 0.3) is 0 Å². The molecule has 0 unspecified atom stereocenters. The van der Waals surface area contributed by atoms with Crippen LogP contribution in [0.15, 0.2) is 66.7 Å². The number of halogens is 2. The van der Waals surface area contributed by atoms with E-state index in [9.17, 15) is 18.7 Å². The number of fused-ring (bicyclic) bond motifs is 3. The Hall–Kier alpha value is -3.25. The van der Waals surface area contributed by atoms with Crippen molar-refractivity contribution in [3.8, 4) is 5.75 Å². The number of hydrogen-bond donors (Lipinski definition) is 1. The smallest absolute Gasteiger partial charge is 0.309 e. The maximum atomic E-state index is 13.7. The zero-order valence-electron chi connectivity index (χ0n) is 20.4. The van der Waals surface area contributed by atoms with E-state index in [1.165, 1.54) is 17.7 Å². The molecule has 0 radical (unpaired) electrons. The van der Waals surface area contributed by atoms with E-state index < -0.39 is 35.2 Å². The first-order valence-electron chi connectivity index (χ1n) is 12.4. The van der Waals surface area contributed by atoms with E-state index in [-0.39, 0.29) is 12.0 Å². The summed E-state index contributed by atoms with van der Waals surface area (Å²) in [6.07, 6.45) is 1.10. The van der Waals surface area contributed by atoms with Gasteiger partial charge in [0, 0.05) is 11.5 Å². The summed E-state index contributed by atoms with van der Waals surface area (Å²) in [6.45, 7) is 3.96. The van der Waals surface area contributed by atoms with Gasteiger partial charge in [-0.2, -0.15) is 0 Å². The molecule has 2 aliphatic rings. The quantitative estimate of drug-likeness (QED) is 0.426. The van der Waals surface area contributed by atoms with E-state index in [0.717, 1.165) is 29.4 Å². The average Bonchev–Trinajstić information content (AvgIpc) is 2.85. The number of ether oxygens (including phenoxy) is 2. The van der Waals surface area contributed by atoms with E-state index in [1.54, 1.807) is 0 Å². The van der Waals surface area contributed by atoms with Gasteiger partial charge in [0.05, 0.1) is 18.1 Å². The van der Waals surface area contributed by atoms with Crippen LogP contribution in [-0.4, -0.2) is 22.8 Å². The lowest BCUT2D eigenvalue weighted by Gasteiger charge is -2.50. The summed E-state index contributed by atoms with van der Waals surface area (Å²) in [7, 11) is 0. The van der Waals surface area contributed by atoms with E-state index in [0.29, 0.717) is 24.8 Å². The number of hydrogen-bond acceptors (Lipinski definition) is 3. The second-order valence-corrected chi connectivity index (χ2v) is 10.4. The second-order valence-electron chi connectivity index (χ2n) is 10.4. The molecule has 4 atom stereocenters. The monoisotopic (exact) mass is 492 g/mol. The number of carbonyl (C=O) groups is 1. The highest BCUT2D eigenvalue weighted by atomic mass is 19.2. The van der Waals surface area contributed by atoms with Crippen LogP contribution >= 0.6 is 0 Å². The molecule has 4 nitrogen and oxygen atoms in total. The average molecular weight is 493 g/mol. The molecule has 1 saturated heterocycles. The molecule has 0 aromatic heterocycles. The predicted octanol–water partition coefficient (Wildman–Crippen LogP) is 6.51. The van der Waals surface area contributed by atoms with Crippen LogP contribution in [-0.2, 0) is 22.4 Å². The van der Waals surface area contributed by atoms with Crippen molar-refractivity contribution in [3.63, 3.8) is 0 Å². The van der Waals surface area contributed by atoms with E-state index in [1.807, 2.05) is 38.1 Å². The number of aliphatic carboxylic acids is 1. The second kappa shape index (κ2) is 9.66. The standard InChI is InChI=1S/C30H30F2O4/c1-30(2)23-17-22(29(33)34)26(12-9-19-8-11-24(31)25(32)16-19)35-28(23)21-15-20(10-13-27(21)36-30)14-18-6-4-3-5-7-18/h3-8,10-11,13,15-16,22-23,26,28H,9,12,14,17H2,1-2H3,(H,33,34)/t22-,23+,26+,28-/m1/s1. The van der Waals surface area contributed by atoms with Crippen molar-refractivity contribution in [1.82, 2.24) is 0 Å². The van der Waals surface area contributed by atoms with Gasteiger partial charge >= 0.3 is 5.97 Å². The lowest BCUT2D eigenvalue weighted by molar-refractivity contribution is -0.188. The summed E-state index contributed by atoms with van der Waals surface area (Å²) in [5.74, 6) is -2.82. The number of aryl methyl sites for hydroxylation is 1. The Labute approximate surface area is 209 Å². The van der Waals surface area contributed by atoms with E-state index in [2.05, 4.69) is 24.3 Å². The number of benzene rings is 3. The lowest BCUT2D eigenvalue weighted by Crippen LogP contribution is -2.52. The Bertz CT molecular complexity index is 1260. The molecule has 0 saturated carbocycles. The highest BCUT2D eigenvalue weighted by Crippen LogP contribution is 2.52. The number of carboxylic acids is 1. The van der Waals surface area contributed by atoms with Gasteiger partial charge in [-0.25, -0.2) is 8.78 Å². The molecule has 0 spiro atoms. The molecule has 2 heterocycles. The summed E-state index contributed by atoms with van der Waals surface area (Å²) in [5, 5.41) is 10.0. The fourth-order valence-corrected chi connectivity index (χ4v) is 5.61. The highest BCUT2D eigenvalue weighted by Gasteiger charge is 2.52. The van der Waals surface area contributed by atoms with Crippen molar-refractivity contribution in [1.29, 1.82) is 0 Å². The molecule has 1 fully saturated rings. The lowest BCUT2D eigenvalue weighted by atomic mass is 9.71. The van der Waals surface area contributed by atoms with Crippen LogP contribution in [0.1, 0.15) is 55.0 Å². The van der Waals surface area contributed by atoms with Crippen LogP contribution in [0.5, 0.6) is 5.75 Å². The van der Waals surface area contributed by atoms with Crippen molar-refractivity contribution >= 4 is 5.97 Å². The normalized spacial score (nSPS) is 24.3. The molecule has 36 heavy (non-hydrogen) atoms. The largest absolute Gasteiger partial charge is 0.487 e. The molecule has 0 amide bonds. The van der Waals surface area contributed by atoms with Gasteiger partial charge in [0.1, 0.15) is 11.4 Å². The van der Waals surface area contributed by atoms with Crippen LogP contribution in [0.4, 0.5) is 8.78 Å². The summed E-state index contributed by atoms with van der Waals surface area (Å²) >= 11 is 0. The van der Waals surface area contributed by atoms with Crippen molar-refractivity contribution in [2.45, 2.75) is 57.3 Å². The SMILES string of the molecule is CC1(C)Oc2ccc(Cc3ccccc3)cc2[C@H]2O[C@@H](CCc3ccc(F)c(F)c3)[C@H](C(=O)O)C[C@@H]21. The molecule has 6 heteroatoms. The third-order valence-corrected chi connectivity index (χ3v) is 7.56. The molecule has 2 aliphatic heterocycles. The fraction of sp³-hybridized carbons (Fsp3) is 0.367. The Balaban J connectivity index is 1.43. The minimum atomic E-state index is -0.914. The summed E-state index contributed by atoms with van der Waals surface area (Å²) in [4.78, 5) is 12.2. The first-order chi connectivity index (χ1) is 17.2. The fourth-order valence-electron chi connectivity index (χ4n) is 5.61. The van der Waals surface area contributed by atoms with E-state index in [4.69, 9.17) is 9.47 Å². The summed E-state index contributed by atoms with van der Waals surface area (Å²) in [6, 6.07) is 20.2. The minimum absolute atomic E-state index is 0.141. The van der Waals surface area contributed by atoms with Gasteiger partial charge in [-0.15, -0.1) is 0 Å². The van der Waals surface area contributed by atoms with Crippen molar-refractivity contribution in [2.24, 2.45) is 11.8 Å². The Morgan fingerprint density at radius 1 is 0.972 bits per heavy atom. The van der Waals surface area contributed by atoms with Gasteiger partial charge in [-0.05, 0) is 80.5 Å². The first-order valence-corrected chi connectivity index (χ1v) is 12.4. The molecular weight excluding hydrogens is 462 g/mol. The van der Waals surface area contributed by atoms with Crippen molar-refractivity contribution in [2.75, 3.05) is 0 Å². The minimum Gasteiger partial charge on any atom is -0.487 e. The Kier molecular flexibility index (Phi) is 6.56. The summed E-state index contributed by atoms with van der Waals surface area (Å²) < 4.78 is 40.0. The number of rotatable bonds is 6. The zero-order valence-corrected chi connectivity index (χ0v) is 20.4. The van der Waals surface area contributed by atoms with Gasteiger partial charge in [0.15, 0.2) is 11.6 Å². The third kappa shape index (κ3) is 4.87. The number of carboxylic acid groups (broad SMARTS) is 1. The van der Waals surface area contributed by atoms with Crippen LogP contribution < -0.4 is 4.74 Å². The third-order valence-electron chi connectivity index (χ3n) is 7.56. The van der Waals surface area contributed by atoms with Crippen LogP contribution in [0, 0.1) is 23.5 Å². The zero-order chi connectivity index (χ0) is 25.4. The van der Waals surface area contributed by atoms with Gasteiger partial charge in [-0.1, -0.05) is 42.5 Å². The molecule has 1 N–H and O–H groups in total. The molecular formula is C30H30F2O4. The van der Waals surface area contributed by atoms with Crippen LogP contribution in [0.2, 0.25) is 0 Å². The van der Waals surface area contributed by atoms with Crippen LogP contribution in [0.3, 0.4) is 0 Å². The molecule has 3 aromatic carbocycles. The van der Waals surface area contributed by atoms with Gasteiger partial charge in [0.2, 0.25) is 0 Å². The Morgan fingerprint density at radius 3 is 2.44 bits per heavy atom. The van der Waals surface area contributed by atoms with Crippen molar-refractivity contribution in [3.05, 3.63) is 101 Å². The Morgan fingerprint density at radius 2 is 1.72 bits per heavy atom. The molecule has 0 aliphatic carbocycles. The summed E-state index contributed by atoms with van der Waals surface area (Å²) in [5.41, 5.74) is 3.28. The maximum Gasteiger partial charge on any atom is 0.309 e.